The van der Waals surface area contributed by atoms with Crippen LogP contribution in [0.2, 0.25) is 0 Å². The quantitative estimate of drug-likeness (QED) is 0.657. The first kappa shape index (κ1) is 19.8. The van der Waals surface area contributed by atoms with E-state index >= 15 is 0 Å². The third-order valence-electron chi connectivity index (χ3n) is 5.36. The zero-order valence-corrected chi connectivity index (χ0v) is 16.8. The van der Waals surface area contributed by atoms with Crippen LogP contribution in [0.3, 0.4) is 0 Å². The number of aliphatic hydroxyl groups is 1. The Balaban J connectivity index is 1.55. The highest BCUT2D eigenvalue weighted by molar-refractivity contribution is 5.95. The second kappa shape index (κ2) is 8.06. The van der Waals surface area contributed by atoms with E-state index in [-0.39, 0.29) is 17.2 Å². The molecule has 4 nitrogen and oxygen atoms in total. The van der Waals surface area contributed by atoms with Gasteiger partial charge in [-0.1, -0.05) is 66.4 Å². The van der Waals surface area contributed by atoms with Crippen molar-refractivity contribution in [1.82, 2.24) is 4.90 Å². The van der Waals surface area contributed by atoms with Crippen molar-refractivity contribution in [3.63, 3.8) is 0 Å². The topological polar surface area (TPSA) is 60.8 Å². The van der Waals surface area contributed by atoms with Crippen LogP contribution in [0.1, 0.15) is 39.5 Å². The molecule has 0 bridgehead atoms. The van der Waals surface area contributed by atoms with Gasteiger partial charge in [0.25, 0.3) is 5.91 Å². The molecule has 1 aliphatic heterocycles. The van der Waals surface area contributed by atoms with E-state index < -0.39 is 5.60 Å². The van der Waals surface area contributed by atoms with Crippen molar-refractivity contribution >= 4 is 5.91 Å². The van der Waals surface area contributed by atoms with E-state index in [2.05, 4.69) is 11.8 Å². The fourth-order valence-electron chi connectivity index (χ4n) is 3.70. The van der Waals surface area contributed by atoms with Crippen molar-refractivity contribution in [2.24, 2.45) is 0 Å². The maximum Gasteiger partial charge on any atom is 0.254 e. The predicted molar refractivity (Wildman–Crippen MR) is 116 cm³/mol. The molecular formula is C26H23NO3. The highest BCUT2D eigenvalue weighted by Gasteiger charge is 2.28. The standard InChI is InChI=1S/C26H23NO3/c1-26(30,15-7-10-19-8-3-2-4-9-19)23-16-20(13-14-24(23)28)25(29)27-17-21-11-5-6-12-22(21)18-27/h2-6,8-9,11-14,16,28,30H,10,17-18H2,1H3. The molecule has 1 atom stereocenters. The van der Waals surface area contributed by atoms with Gasteiger partial charge in [0.05, 0.1) is 0 Å². The van der Waals surface area contributed by atoms with Crippen molar-refractivity contribution in [2.75, 3.05) is 0 Å². The third-order valence-corrected chi connectivity index (χ3v) is 5.36. The Labute approximate surface area is 176 Å². The van der Waals surface area contributed by atoms with E-state index in [0.717, 1.165) is 16.7 Å². The van der Waals surface area contributed by atoms with E-state index in [1.165, 1.54) is 19.1 Å². The van der Waals surface area contributed by atoms with Crippen LogP contribution < -0.4 is 0 Å². The molecule has 0 radical (unpaired) electrons. The molecule has 150 valence electrons. The minimum absolute atomic E-state index is 0.0877. The van der Waals surface area contributed by atoms with Crippen molar-refractivity contribution in [2.45, 2.75) is 32.0 Å². The largest absolute Gasteiger partial charge is 0.508 e. The van der Waals surface area contributed by atoms with Crippen LogP contribution >= 0.6 is 0 Å². The number of phenols is 1. The number of benzene rings is 3. The summed E-state index contributed by atoms with van der Waals surface area (Å²) in [6.07, 6.45) is 0.489. The first-order valence-electron chi connectivity index (χ1n) is 9.90. The minimum atomic E-state index is -1.58. The molecule has 0 saturated heterocycles. The van der Waals surface area contributed by atoms with Crippen molar-refractivity contribution in [3.05, 3.63) is 101 Å². The molecule has 30 heavy (non-hydrogen) atoms. The molecule has 3 aromatic carbocycles. The number of rotatable bonds is 3. The van der Waals surface area contributed by atoms with Crippen LogP contribution in [0.5, 0.6) is 5.75 Å². The maximum atomic E-state index is 13.0. The highest BCUT2D eigenvalue weighted by atomic mass is 16.3. The number of aromatic hydroxyl groups is 1. The number of hydrogen-bond donors (Lipinski definition) is 2. The normalized spacial score (nSPS) is 14.4. The molecule has 2 N–H and O–H groups in total. The van der Waals surface area contributed by atoms with Crippen molar-refractivity contribution < 1.29 is 15.0 Å². The fourth-order valence-corrected chi connectivity index (χ4v) is 3.70. The Bertz CT molecular complexity index is 1110. The fraction of sp³-hybridized carbons (Fsp3) is 0.192. The van der Waals surface area contributed by atoms with Crippen molar-refractivity contribution in [1.29, 1.82) is 0 Å². The lowest BCUT2D eigenvalue weighted by Crippen LogP contribution is -2.26. The van der Waals surface area contributed by atoms with E-state index in [9.17, 15) is 15.0 Å². The van der Waals surface area contributed by atoms with Crippen LogP contribution in [0.15, 0.2) is 72.8 Å². The second-order valence-electron chi connectivity index (χ2n) is 7.70. The molecule has 0 aliphatic carbocycles. The number of nitrogens with zero attached hydrogens (tertiary/aromatic N) is 1. The van der Waals surface area contributed by atoms with Gasteiger partial charge in [0, 0.05) is 30.6 Å². The number of phenolic OH excluding ortho intramolecular Hbond substituents is 1. The zero-order chi connectivity index (χ0) is 21.1. The molecule has 4 heteroatoms. The summed E-state index contributed by atoms with van der Waals surface area (Å²) in [5.74, 6) is 5.59. The molecular weight excluding hydrogens is 374 g/mol. The van der Waals surface area contributed by atoms with E-state index in [1.807, 2.05) is 54.6 Å². The molecule has 0 spiro atoms. The summed E-state index contributed by atoms with van der Waals surface area (Å²) in [5.41, 5.74) is 2.39. The first-order valence-corrected chi connectivity index (χ1v) is 9.90. The van der Waals surface area contributed by atoms with Gasteiger partial charge in [-0.05, 0) is 41.8 Å². The lowest BCUT2D eigenvalue weighted by Gasteiger charge is -2.21. The van der Waals surface area contributed by atoms with Gasteiger partial charge in [0.1, 0.15) is 5.75 Å². The summed E-state index contributed by atoms with van der Waals surface area (Å²) in [6, 6.07) is 22.3. The Morgan fingerprint density at radius 3 is 2.30 bits per heavy atom. The number of carbonyl (C=O) groups excluding carboxylic acids is 1. The number of amides is 1. The molecule has 3 aromatic rings. The summed E-state index contributed by atoms with van der Waals surface area (Å²) < 4.78 is 0. The Morgan fingerprint density at radius 2 is 1.63 bits per heavy atom. The van der Waals surface area contributed by atoms with Gasteiger partial charge < -0.3 is 15.1 Å². The first-order chi connectivity index (χ1) is 14.4. The van der Waals surface area contributed by atoms with Gasteiger partial charge in [-0.15, -0.1) is 0 Å². The molecule has 0 aromatic heterocycles. The lowest BCUT2D eigenvalue weighted by atomic mass is 9.93. The zero-order valence-electron chi connectivity index (χ0n) is 16.8. The second-order valence-corrected chi connectivity index (χ2v) is 7.70. The average Bonchev–Trinajstić information content (AvgIpc) is 3.18. The molecule has 0 saturated carbocycles. The molecule has 1 aliphatic rings. The van der Waals surface area contributed by atoms with Crippen molar-refractivity contribution in [3.8, 4) is 17.6 Å². The van der Waals surface area contributed by atoms with Gasteiger partial charge in [-0.2, -0.15) is 0 Å². The van der Waals surface area contributed by atoms with Gasteiger partial charge in [0.15, 0.2) is 5.60 Å². The SMILES string of the molecule is CC(O)(C#CCc1ccccc1)c1cc(C(=O)N2Cc3ccccc3C2)ccc1O. The van der Waals surface area contributed by atoms with Gasteiger partial charge in [0.2, 0.25) is 0 Å². The molecule has 1 unspecified atom stereocenters. The summed E-state index contributed by atoms with van der Waals surface area (Å²) in [4.78, 5) is 14.8. The molecule has 1 amide bonds. The van der Waals surface area contributed by atoms with Crippen LogP contribution in [0.25, 0.3) is 0 Å². The monoisotopic (exact) mass is 397 g/mol. The third kappa shape index (κ3) is 4.07. The van der Waals surface area contributed by atoms with Gasteiger partial charge in [-0.3, -0.25) is 4.79 Å². The smallest absolute Gasteiger partial charge is 0.254 e. The van der Waals surface area contributed by atoms with Gasteiger partial charge >= 0.3 is 0 Å². The maximum absolute atomic E-state index is 13.0. The molecule has 1 heterocycles. The summed E-state index contributed by atoms with van der Waals surface area (Å²) in [6.45, 7) is 2.64. The summed E-state index contributed by atoms with van der Waals surface area (Å²) in [7, 11) is 0. The van der Waals surface area contributed by atoms with E-state index in [4.69, 9.17) is 0 Å². The van der Waals surface area contributed by atoms with Gasteiger partial charge in [-0.25, -0.2) is 0 Å². The highest BCUT2D eigenvalue weighted by Crippen LogP contribution is 2.31. The Morgan fingerprint density at radius 1 is 1.00 bits per heavy atom. The average molecular weight is 397 g/mol. The van der Waals surface area contributed by atoms with E-state index in [1.54, 1.807) is 11.0 Å². The molecule has 4 rings (SSSR count). The Kier molecular flexibility index (Phi) is 5.31. The number of carbonyl (C=O) groups is 1. The summed E-state index contributed by atoms with van der Waals surface area (Å²) >= 11 is 0. The lowest BCUT2D eigenvalue weighted by molar-refractivity contribution is 0.0750. The summed E-state index contributed by atoms with van der Waals surface area (Å²) in [5, 5.41) is 21.2. The minimum Gasteiger partial charge on any atom is -0.508 e. The van der Waals surface area contributed by atoms with Crippen LogP contribution in [-0.2, 0) is 25.1 Å². The van der Waals surface area contributed by atoms with Crippen LogP contribution in [0, 0.1) is 11.8 Å². The molecule has 0 fully saturated rings. The van der Waals surface area contributed by atoms with Crippen LogP contribution in [0.4, 0.5) is 0 Å². The number of hydrogen-bond acceptors (Lipinski definition) is 3. The Hall–Kier alpha value is -3.55. The van der Waals surface area contributed by atoms with Crippen LogP contribution in [-0.4, -0.2) is 21.0 Å². The predicted octanol–water partition coefficient (Wildman–Crippen LogP) is 4.00. The number of fused-ring (bicyclic) bond motifs is 1. The van der Waals surface area contributed by atoms with E-state index in [0.29, 0.717) is 25.1 Å².